The lowest BCUT2D eigenvalue weighted by molar-refractivity contribution is 0.308. The van der Waals surface area contributed by atoms with Crippen molar-refractivity contribution in [1.29, 1.82) is 0 Å². The van der Waals surface area contributed by atoms with E-state index < -0.39 is 0 Å². The molecule has 3 N–H and O–H groups in total. The molecule has 1 saturated heterocycles. The van der Waals surface area contributed by atoms with Crippen molar-refractivity contribution >= 4 is 17.0 Å². The first-order valence-electron chi connectivity index (χ1n) is 10.1. The van der Waals surface area contributed by atoms with E-state index >= 15 is 0 Å². The van der Waals surface area contributed by atoms with E-state index in [-0.39, 0.29) is 5.41 Å². The summed E-state index contributed by atoms with van der Waals surface area (Å²) in [4.78, 5) is 18.4. The van der Waals surface area contributed by atoms with Crippen molar-refractivity contribution in [2.75, 3.05) is 31.1 Å². The predicted molar refractivity (Wildman–Crippen MR) is 111 cm³/mol. The fraction of sp³-hybridized carbons (Fsp3) is 0.476. The third-order valence-electron chi connectivity index (χ3n) is 5.85. The van der Waals surface area contributed by atoms with Gasteiger partial charge in [-0.1, -0.05) is 25.5 Å². The smallest absolute Gasteiger partial charge is 0.182 e. The molecular weight excluding hydrogens is 352 g/mol. The Morgan fingerprint density at radius 2 is 1.93 bits per heavy atom. The standard InChI is InChI=1S/C21H28N6O/c1-2-3-12-28-17-6-4-16(5-7-17)21(13-22)8-10-27(11-9-21)20-18-19(24-14-23-18)25-15-26-20/h4-7,14-15H,2-3,8-13,22H2,1H3,(H,23,24,25,26). The van der Waals surface area contributed by atoms with Crippen LogP contribution < -0.4 is 15.4 Å². The largest absolute Gasteiger partial charge is 0.494 e. The molecule has 3 heterocycles. The number of H-pyrrole nitrogens is 1. The van der Waals surface area contributed by atoms with Gasteiger partial charge in [-0.2, -0.15) is 0 Å². The third-order valence-corrected chi connectivity index (χ3v) is 5.85. The molecule has 7 heteroatoms. The SMILES string of the molecule is CCCCOc1ccc(C2(CN)CCN(c3ncnc4nc[nH]c34)CC2)cc1. The summed E-state index contributed by atoms with van der Waals surface area (Å²) < 4.78 is 5.80. The molecule has 1 aliphatic heterocycles. The molecule has 0 unspecified atom stereocenters. The Hall–Kier alpha value is -2.67. The zero-order valence-electron chi connectivity index (χ0n) is 16.4. The molecule has 7 nitrogen and oxygen atoms in total. The molecule has 0 saturated carbocycles. The molecule has 0 radical (unpaired) electrons. The van der Waals surface area contributed by atoms with Crippen LogP contribution in [0.3, 0.4) is 0 Å². The number of anilines is 1. The second-order valence-electron chi connectivity index (χ2n) is 7.50. The summed E-state index contributed by atoms with van der Waals surface area (Å²) in [6, 6.07) is 8.52. The van der Waals surface area contributed by atoms with E-state index in [1.165, 1.54) is 5.56 Å². The quantitative estimate of drug-likeness (QED) is 0.612. The Morgan fingerprint density at radius 1 is 1.14 bits per heavy atom. The molecular formula is C21H28N6O. The zero-order chi connectivity index (χ0) is 19.4. The number of piperidine rings is 1. The van der Waals surface area contributed by atoms with Crippen LogP contribution in [-0.4, -0.2) is 46.2 Å². The summed E-state index contributed by atoms with van der Waals surface area (Å²) in [6.07, 6.45) is 7.44. The molecule has 1 aliphatic rings. The van der Waals surface area contributed by atoms with Crippen LogP contribution in [0.15, 0.2) is 36.9 Å². The van der Waals surface area contributed by atoms with Crippen LogP contribution >= 0.6 is 0 Å². The fourth-order valence-electron chi connectivity index (χ4n) is 3.99. The maximum Gasteiger partial charge on any atom is 0.182 e. The highest BCUT2D eigenvalue weighted by atomic mass is 16.5. The zero-order valence-corrected chi connectivity index (χ0v) is 16.4. The molecule has 28 heavy (non-hydrogen) atoms. The second-order valence-corrected chi connectivity index (χ2v) is 7.50. The number of aromatic nitrogens is 4. The normalized spacial score (nSPS) is 16.4. The Morgan fingerprint density at radius 3 is 2.64 bits per heavy atom. The van der Waals surface area contributed by atoms with Crippen LogP contribution in [0.5, 0.6) is 5.75 Å². The van der Waals surface area contributed by atoms with Gasteiger partial charge in [-0.25, -0.2) is 15.0 Å². The van der Waals surface area contributed by atoms with Crippen molar-refractivity contribution in [3.63, 3.8) is 0 Å². The molecule has 3 aromatic rings. The van der Waals surface area contributed by atoms with Crippen LogP contribution in [0.1, 0.15) is 38.2 Å². The molecule has 0 atom stereocenters. The lowest BCUT2D eigenvalue weighted by atomic mass is 9.73. The predicted octanol–water partition coefficient (Wildman–Crippen LogP) is 3.03. The maximum absolute atomic E-state index is 6.27. The summed E-state index contributed by atoms with van der Waals surface area (Å²) in [7, 11) is 0. The van der Waals surface area contributed by atoms with E-state index in [1.54, 1.807) is 12.7 Å². The van der Waals surface area contributed by atoms with Crippen LogP contribution in [0.4, 0.5) is 5.82 Å². The van der Waals surface area contributed by atoms with Crippen LogP contribution in [0.25, 0.3) is 11.2 Å². The first-order valence-corrected chi connectivity index (χ1v) is 10.1. The van der Waals surface area contributed by atoms with Gasteiger partial charge in [-0.3, -0.25) is 0 Å². The van der Waals surface area contributed by atoms with Gasteiger partial charge in [-0.05, 0) is 37.0 Å². The molecule has 1 fully saturated rings. The average molecular weight is 380 g/mol. The monoisotopic (exact) mass is 380 g/mol. The minimum Gasteiger partial charge on any atom is -0.494 e. The minimum atomic E-state index is -0.00141. The number of fused-ring (bicyclic) bond motifs is 1. The van der Waals surface area contributed by atoms with Gasteiger partial charge in [0.25, 0.3) is 0 Å². The first kappa shape index (κ1) is 18.7. The Bertz CT molecular complexity index is 899. The van der Waals surface area contributed by atoms with Crippen molar-refractivity contribution in [2.24, 2.45) is 5.73 Å². The number of nitrogens with zero attached hydrogens (tertiary/aromatic N) is 4. The summed E-state index contributed by atoms with van der Waals surface area (Å²) in [5.41, 5.74) is 9.18. The fourth-order valence-corrected chi connectivity index (χ4v) is 3.99. The molecule has 0 amide bonds. The highest BCUT2D eigenvalue weighted by Gasteiger charge is 2.36. The number of rotatable bonds is 7. The van der Waals surface area contributed by atoms with E-state index in [1.807, 2.05) is 0 Å². The van der Waals surface area contributed by atoms with Gasteiger partial charge in [0.1, 0.15) is 17.6 Å². The average Bonchev–Trinajstić information content (AvgIpc) is 3.24. The van der Waals surface area contributed by atoms with E-state index in [4.69, 9.17) is 10.5 Å². The van der Waals surface area contributed by atoms with Gasteiger partial charge in [0.15, 0.2) is 11.5 Å². The molecule has 0 bridgehead atoms. The molecule has 2 aromatic heterocycles. The number of nitrogens with two attached hydrogens (primary N) is 1. The van der Waals surface area contributed by atoms with Crippen molar-refractivity contribution in [3.8, 4) is 5.75 Å². The number of aromatic amines is 1. The summed E-state index contributed by atoms with van der Waals surface area (Å²) in [6.45, 7) is 5.38. The number of benzene rings is 1. The van der Waals surface area contributed by atoms with Crippen molar-refractivity contribution in [2.45, 2.75) is 38.0 Å². The molecule has 0 spiro atoms. The third kappa shape index (κ3) is 3.54. The summed E-state index contributed by atoms with van der Waals surface area (Å²) in [5, 5.41) is 0. The number of ether oxygens (including phenoxy) is 1. The number of hydrogen-bond acceptors (Lipinski definition) is 6. The lowest BCUT2D eigenvalue weighted by Gasteiger charge is -2.42. The van der Waals surface area contributed by atoms with Crippen LogP contribution in [0, 0.1) is 0 Å². The first-order chi connectivity index (χ1) is 13.8. The molecule has 0 aliphatic carbocycles. The maximum atomic E-state index is 6.27. The number of nitrogens with one attached hydrogen (secondary N) is 1. The second kappa shape index (κ2) is 8.14. The van der Waals surface area contributed by atoms with Gasteiger partial charge in [0, 0.05) is 25.0 Å². The highest BCUT2D eigenvalue weighted by Crippen LogP contribution is 2.37. The molecule has 148 valence electrons. The summed E-state index contributed by atoms with van der Waals surface area (Å²) >= 11 is 0. The molecule has 1 aromatic carbocycles. The number of imidazole rings is 1. The van der Waals surface area contributed by atoms with E-state index in [2.05, 4.69) is 56.0 Å². The van der Waals surface area contributed by atoms with E-state index in [9.17, 15) is 0 Å². The number of unbranched alkanes of at least 4 members (excludes halogenated alkanes) is 1. The Labute approximate surface area is 165 Å². The lowest BCUT2D eigenvalue weighted by Crippen LogP contribution is -2.47. The minimum absolute atomic E-state index is 0.00141. The van der Waals surface area contributed by atoms with Crippen molar-refractivity contribution in [1.82, 2.24) is 19.9 Å². The van der Waals surface area contributed by atoms with E-state index in [0.29, 0.717) is 12.2 Å². The van der Waals surface area contributed by atoms with Crippen LogP contribution in [-0.2, 0) is 5.41 Å². The van der Waals surface area contributed by atoms with Crippen molar-refractivity contribution in [3.05, 3.63) is 42.5 Å². The highest BCUT2D eigenvalue weighted by molar-refractivity contribution is 5.82. The van der Waals surface area contributed by atoms with Gasteiger partial charge in [0.05, 0.1) is 12.9 Å². The van der Waals surface area contributed by atoms with Crippen molar-refractivity contribution < 1.29 is 4.74 Å². The summed E-state index contributed by atoms with van der Waals surface area (Å²) in [5.74, 6) is 1.86. The van der Waals surface area contributed by atoms with Gasteiger partial charge in [-0.15, -0.1) is 0 Å². The Kier molecular flexibility index (Phi) is 5.43. The van der Waals surface area contributed by atoms with Crippen LogP contribution in [0.2, 0.25) is 0 Å². The molecule has 4 rings (SSSR count). The van der Waals surface area contributed by atoms with Gasteiger partial charge < -0.3 is 20.4 Å². The number of hydrogen-bond donors (Lipinski definition) is 2. The Balaban J connectivity index is 1.47. The van der Waals surface area contributed by atoms with Gasteiger partial charge >= 0.3 is 0 Å². The topological polar surface area (TPSA) is 93.0 Å². The van der Waals surface area contributed by atoms with Gasteiger partial charge in [0.2, 0.25) is 0 Å². The van der Waals surface area contributed by atoms with E-state index in [0.717, 1.165) is 62.5 Å².